The second-order valence-corrected chi connectivity index (χ2v) is 8.37. The van der Waals surface area contributed by atoms with E-state index in [1.807, 2.05) is 36.0 Å². The van der Waals surface area contributed by atoms with Gasteiger partial charge >= 0.3 is 6.03 Å². The van der Waals surface area contributed by atoms with E-state index in [9.17, 15) is 14.7 Å². The Balaban J connectivity index is 1.26. The average Bonchev–Trinajstić information content (AvgIpc) is 3.21. The lowest BCUT2D eigenvalue weighted by atomic mass is 10.0. The summed E-state index contributed by atoms with van der Waals surface area (Å²) in [4.78, 5) is 23.7. The molecule has 6 nitrogen and oxygen atoms in total. The summed E-state index contributed by atoms with van der Waals surface area (Å²) in [5.41, 5.74) is 0.724. The van der Waals surface area contributed by atoms with Crippen molar-refractivity contribution in [1.29, 1.82) is 0 Å². The second kappa shape index (κ2) is 7.68. The van der Waals surface area contributed by atoms with E-state index in [0.717, 1.165) is 41.5 Å². The fourth-order valence-electron chi connectivity index (χ4n) is 3.88. The monoisotopic (exact) mass is 385 g/mol. The van der Waals surface area contributed by atoms with Crippen molar-refractivity contribution in [2.24, 2.45) is 0 Å². The number of hydrogen-bond donors (Lipinski definition) is 4. The molecule has 2 aromatic carbocycles. The molecule has 0 unspecified atom stereocenters. The Morgan fingerprint density at radius 2 is 1.96 bits per heavy atom. The topological polar surface area (TPSA) is 90.5 Å². The molecule has 2 aromatic rings. The van der Waals surface area contributed by atoms with Crippen molar-refractivity contribution in [2.45, 2.75) is 43.0 Å². The Kier molecular flexibility index (Phi) is 5.11. The highest BCUT2D eigenvalue weighted by Crippen LogP contribution is 2.33. The Morgan fingerprint density at radius 1 is 1.15 bits per heavy atom. The molecule has 142 valence electrons. The van der Waals surface area contributed by atoms with Gasteiger partial charge in [0.15, 0.2) is 0 Å². The number of benzene rings is 2. The molecule has 3 amide bonds. The number of amides is 3. The average molecular weight is 385 g/mol. The summed E-state index contributed by atoms with van der Waals surface area (Å²) in [6.07, 6.45) is 3.24. The smallest absolute Gasteiger partial charge is 0.315 e. The van der Waals surface area contributed by atoms with Crippen molar-refractivity contribution in [2.75, 3.05) is 11.1 Å². The van der Waals surface area contributed by atoms with Gasteiger partial charge in [0.25, 0.3) is 0 Å². The zero-order valence-corrected chi connectivity index (χ0v) is 15.7. The molecule has 3 atom stereocenters. The van der Waals surface area contributed by atoms with Crippen LogP contribution in [0.2, 0.25) is 0 Å². The van der Waals surface area contributed by atoms with Crippen LogP contribution in [-0.4, -0.2) is 40.1 Å². The van der Waals surface area contributed by atoms with Gasteiger partial charge in [-0.15, -0.1) is 0 Å². The Bertz CT molecular complexity index is 873. The van der Waals surface area contributed by atoms with E-state index in [1.54, 1.807) is 12.1 Å². The molecule has 0 bridgehead atoms. The lowest BCUT2D eigenvalue weighted by Gasteiger charge is -2.16. The molecule has 27 heavy (non-hydrogen) atoms. The van der Waals surface area contributed by atoms with Gasteiger partial charge in [0, 0.05) is 33.9 Å². The number of rotatable bonds is 6. The van der Waals surface area contributed by atoms with Gasteiger partial charge in [-0.05, 0) is 25.0 Å². The standard InChI is InChI=1S/C20H23N3O3S/c24-16-10-9-14(12-5-1-2-6-13(12)16)21-18(25)8-4-3-7-17-19-15(11-27-17)22-20(26)23-19/h1-2,5-6,9-10,15,17,19,24H,3-4,7-8,11H2,(H,21,25)(H2,22,23,26)/t15-,17-,19-/m0/s1. The lowest BCUT2D eigenvalue weighted by Crippen LogP contribution is -2.36. The minimum atomic E-state index is -0.0594. The number of nitrogens with one attached hydrogen (secondary N) is 3. The minimum absolute atomic E-state index is 0.0152. The van der Waals surface area contributed by atoms with Crippen LogP contribution >= 0.6 is 11.8 Å². The van der Waals surface area contributed by atoms with Gasteiger partial charge in [0.05, 0.1) is 12.1 Å². The second-order valence-electron chi connectivity index (χ2n) is 7.09. The number of aromatic hydroxyl groups is 1. The number of phenolic OH excluding ortho intramolecular Hbond substituents is 1. The van der Waals surface area contributed by atoms with Crippen molar-refractivity contribution < 1.29 is 14.7 Å². The zero-order valence-electron chi connectivity index (χ0n) is 14.9. The third kappa shape index (κ3) is 3.83. The van der Waals surface area contributed by atoms with Crippen LogP contribution in [0.25, 0.3) is 10.8 Å². The van der Waals surface area contributed by atoms with Crippen LogP contribution in [0.15, 0.2) is 36.4 Å². The molecule has 2 aliphatic heterocycles. The number of carbonyl (C=O) groups excluding carboxylic acids is 2. The van der Waals surface area contributed by atoms with Crippen molar-refractivity contribution >= 4 is 40.2 Å². The molecule has 7 heteroatoms. The van der Waals surface area contributed by atoms with Gasteiger partial charge in [-0.3, -0.25) is 4.79 Å². The summed E-state index contributed by atoms with van der Waals surface area (Å²) < 4.78 is 0. The predicted molar refractivity (Wildman–Crippen MR) is 108 cm³/mol. The van der Waals surface area contributed by atoms with Crippen molar-refractivity contribution in [3.05, 3.63) is 36.4 Å². The summed E-state index contributed by atoms with van der Waals surface area (Å²) in [6.45, 7) is 0. The van der Waals surface area contributed by atoms with E-state index in [4.69, 9.17) is 0 Å². The largest absolute Gasteiger partial charge is 0.507 e. The van der Waals surface area contributed by atoms with E-state index in [-0.39, 0.29) is 29.8 Å². The number of hydrogen-bond acceptors (Lipinski definition) is 4. The number of urea groups is 1. The van der Waals surface area contributed by atoms with Gasteiger partial charge in [-0.1, -0.05) is 30.7 Å². The summed E-state index contributed by atoms with van der Waals surface area (Å²) in [6, 6.07) is 11.2. The molecule has 2 heterocycles. The fraction of sp³-hybridized carbons (Fsp3) is 0.400. The predicted octanol–water partition coefficient (Wildman–Crippen LogP) is 3.21. The SMILES string of the molecule is O=C(CCCC[C@@H]1SC[C@@H]2NC(=O)N[C@@H]21)Nc1ccc(O)c2ccccc12. The summed E-state index contributed by atoms with van der Waals surface area (Å²) >= 11 is 1.90. The maximum absolute atomic E-state index is 12.3. The molecule has 0 saturated carbocycles. The minimum Gasteiger partial charge on any atom is -0.507 e. The van der Waals surface area contributed by atoms with Crippen LogP contribution in [0.5, 0.6) is 5.75 Å². The molecule has 0 aromatic heterocycles. The van der Waals surface area contributed by atoms with Gasteiger partial charge in [0.2, 0.25) is 5.91 Å². The molecule has 4 rings (SSSR count). The van der Waals surface area contributed by atoms with E-state index in [1.165, 1.54) is 0 Å². The first-order chi connectivity index (χ1) is 13.1. The Labute approximate surface area is 162 Å². The summed E-state index contributed by atoms with van der Waals surface area (Å²) in [5, 5.41) is 20.8. The van der Waals surface area contributed by atoms with Crippen molar-refractivity contribution in [3.8, 4) is 5.75 Å². The highest BCUT2D eigenvalue weighted by atomic mass is 32.2. The van der Waals surface area contributed by atoms with Crippen LogP contribution in [0.1, 0.15) is 25.7 Å². The third-order valence-corrected chi connectivity index (χ3v) is 6.76. The number of carbonyl (C=O) groups is 2. The van der Waals surface area contributed by atoms with Crippen molar-refractivity contribution in [3.63, 3.8) is 0 Å². The van der Waals surface area contributed by atoms with Crippen LogP contribution in [0, 0.1) is 0 Å². The first-order valence-electron chi connectivity index (χ1n) is 9.31. The van der Waals surface area contributed by atoms with Crippen LogP contribution in [-0.2, 0) is 4.79 Å². The van der Waals surface area contributed by atoms with E-state index < -0.39 is 0 Å². The molecule has 0 radical (unpaired) electrons. The normalized spacial score (nSPS) is 23.7. The van der Waals surface area contributed by atoms with Crippen LogP contribution < -0.4 is 16.0 Å². The van der Waals surface area contributed by atoms with Crippen LogP contribution in [0.4, 0.5) is 10.5 Å². The lowest BCUT2D eigenvalue weighted by molar-refractivity contribution is -0.116. The number of unbranched alkanes of at least 4 members (excludes halogenated alkanes) is 1. The number of fused-ring (bicyclic) bond motifs is 2. The maximum Gasteiger partial charge on any atom is 0.315 e. The first-order valence-corrected chi connectivity index (χ1v) is 10.4. The summed E-state index contributed by atoms with van der Waals surface area (Å²) in [7, 11) is 0. The summed E-state index contributed by atoms with van der Waals surface area (Å²) in [5.74, 6) is 1.16. The van der Waals surface area contributed by atoms with E-state index in [0.29, 0.717) is 11.7 Å². The van der Waals surface area contributed by atoms with Gasteiger partial charge < -0.3 is 21.1 Å². The molecule has 4 N–H and O–H groups in total. The molecule has 2 fully saturated rings. The van der Waals surface area contributed by atoms with E-state index >= 15 is 0 Å². The quantitative estimate of drug-likeness (QED) is 0.349. The molecule has 2 saturated heterocycles. The molecular weight excluding hydrogens is 362 g/mol. The fourth-order valence-corrected chi connectivity index (χ4v) is 5.42. The van der Waals surface area contributed by atoms with Crippen molar-refractivity contribution in [1.82, 2.24) is 10.6 Å². The number of phenols is 1. The third-order valence-electron chi connectivity index (χ3n) is 5.26. The molecule has 2 aliphatic rings. The van der Waals surface area contributed by atoms with Gasteiger partial charge in [-0.25, -0.2) is 4.79 Å². The highest BCUT2D eigenvalue weighted by Gasteiger charge is 2.42. The molecule has 0 spiro atoms. The maximum atomic E-state index is 12.3. The van der Waals surface area contributed by atoms with E-state index in [2.05, 4.69) is 16.0 Å². The van der Waals surface area contributed by atoms with Gasteiger partial charge in [0.1, 0.15) is 5.75 Å². The molecule has 0 aliphatic carbocycles. The number of thioether (sulfide) groups is 1. The zero-order chi connectivity index (χ0) is 18.8. The van der Waals surface area contributed by atoms with Crippen LogP contribution in [0.3, 0.4) is 0 Å². The number of anilines is 1. The Morgan fingerprint density at radius 3 is 2.81 bits per heavy atom. The van der Waals surface area contributed by atoms with Gasteiger partial charge in [-0.2, -0.15) is 11.8 Å². The highest BCUT2D eigenvalue weighted by molar-refractivity contribution is 8.00. The molecular formula is C20H23N3O3S. The first kappa shape index (κ1) is 18.0. The Hall–Kier alpha value is -2.41.